The summed E-state index contributed by atoms with van der Waals surface area (Å²) in [6, 6.07) is 0. The number of carboxylic acid groups (broad SMARTS) is 1. The number of aliphatic carboxylic acids is 1. The highest BCUT2D eigenvalue weighted by atomic mass is 16.4. The fraction of sp³-hybridized carbons (Fsp3) is 0.846. The number of hydrogen-bond donors (Lipinski definition) is 1. The SMILES string of the molecule is O=C(O)CCC1CCN(CC(=O)N2CCC2)CC1. The zero-order chi connectivity index (χ0) is 13.0. The van der Waals surface area contributed by atoms with Crippen molar-refractivity contribution in [2.24, 2.45) is 5.92 Å². The van der Waals surface area contributed by atoms with E-state index in [0.29, 0.717) is 12.5 Å². The van der Waals surface area contributed by atoms with Crippen LogP contribution in [0.15, 0.2) is 0 Å². The van der Waals surface area contributed by atoms with Gasteiger partial charge in [-0.3, -0.25) is 14.5 Å². The van der Waals surface area contributed by atoms with Crippen molar-refractivity contribution in [3.05, 3.63) is 0 Å². The van der Waals surface area contributed by atoms with Crippen molar-refractivity contribution < 1.29 is 14.7 Å². The smallest absolute Gasteiger partial charge is 0.303 e. The predicted molar refractivity (Wildman–Crippen MR) is 67.2 cm³/mol. The van der Waals surface area contributed by atoms with Crippen LogP contribution in [0.25, 0.3) is 0 Å². The van der Waals surface area contributed by atoms with Gasteiger partial charge in [-0.15, -0.1) is 0 Å². The van der Waals surface area contributed by atoms with Gasteiger partial charge in [0.2, 0.25) is 5.91 Å². The van der Waals surface area contributed by atoms with Gasteiger partial charge in [-0.25, -0.2) is 0 Å². The second-order valence-corrected chi connectivity index (χ2v) is 5.39. The van der Waals surface area contributed by atoms with Crippen LogP contribution < -0.4 is 0 Å². The summed E-state index contributed by atoms with van der Waals surface area (Å²) in [7, 11) is 0. The Morgan fingerprint density at radius 2 is 1.78 bits per heavy atom. The molecule has 0 aromatic heterocycles. The highest BCUT2D eigenvalue weighted by Crippen LogP contribution is 2.22. The zero-order valence-electron chi connectivity index (χ0n) is 10.8. The van der Waals surface area contributed by atoms with Crippen LogP contribution in [0.5, 0.6) is 0 Å². The highest BCUT2D eigenvalue weighted by Gasteiger charge is 2.25. The summed E-state index contributed by atoms with van der Waals surface area (Å²) in [6.45, 7) is 4.27. The number of piperidine rings is 1. The molecular weight excluding hydrogens is 232 g/mol. The first-order valence-electron chi connectivity index (χ1n) is 6.87. The molecule has 102 valence electrons. The molecule has 2 aliphatic rings. The summed E-state index contributed by atoms with van der Waals surface area (Å²) >= 11 is 0. The molecular formula is C13H22N2O3. The summed E-state index contributed by atoms with van der Waals surface area (Å²) in [5.41, 5.74) is 0. The van der Waals surface area contributed by atoms with Crippen molar-refractivity contribution in [2.75, 3.05) is 32.7 Å². The zero-order valence-corrected chi connectivity index (χ0v) is 10.8. The van der Waals surface area contributed by atoms with Crippen LogP contribution in [0.1, 0.15) is 32.1 Å². The first kappa shape index (κ1) is 13.3. The number of carboxylic acids is 1. The van der Waals surface area contributed by atoms with Gasteiger partial charge in [-0.05, 0) is 44.7 Å². The molecule has 2 rings (SSSR count). The van der Waals surface area contributed by atoms with Crippen LogP contribution in [-0.2, 0) is 9.59 Å². The second kappa shape index (κ2) is 6.18. The molecule has 0 unspecified atom stereocenters. The van der Waals surface area contributed by atoms with Crippen LogP contribution in [0, 0.1) is 5.92 Å². The lowest BCUT2D eigenvalue weighted by Gasteiger charge is -2.36. The van der Waals surface area contributed by atoms with Gasteiger partial charge >= 0.3 is 5.97 Å². The van der Waals surface area contributed by atoms with Gasteiger partial charge in [0.1, 0.15) is 0 Å². The molecule has 2 fully saturated rings. The first-order valence-corrected chi connectivity index (χ1v) is 6.87. The Morgan fingerprint density at radius 1 is 1.11 bits per heavy atom. The molecule has 0 aliphatic carbocycles. The summed E-state index contributed by atoms with van der Waals surface area (Å²) in [5, 5.41) is 8.65. The lowest BCUT2D eigenvalue weighted by Crippen LogP contribution is -2.48. The van der Waals surface area contributed by atoms with E-state index in [2.05, 4.69) is 4.90 Å². The van der Waals surface area contributed by atoms with Crippen LogP contribution >= 0.6 is 0 Å². The number of amides is 1. The average molecular weight is 254 g/mol. The van der Waals surface area contributed by atoms with E-state index in [9.17, 15) is 9.59 Å². The molecule has 0 aromatic carbocycles. The van der Waals surface area contributed by atoms with Crippen LogP contribution in [0.3, 0.4) is 0 Å². The summed E-state index contributed by atoms with van der Waals surface area (Å²) < 4.78 is 0. The van der Waals surface area contributed by atoms with Gasteiger partial charge in [0, 0.05) is 19.5 Å². The Bertz CT molecular complexity index is 307. The van der Waals surface area contributed by atoms with Crippen molar-refractivity contribution in [1.82, 2.24) is 9.80 Å². The molecule has 0 radical (unpaired) electrons. The molecule has 5 heteroatoms. The van der Waals surface area contributed by atoms with Gasteiger partial charge in [0.05, 0.1) is 6.54 Å². The quantitative estimate of drug-likeness (QED) is 0.788. The molecule has 1 amide bonds. The largest absolute Gasteiger partial charge is 0.481 e. The minimum Gasteiger partial charge on any atom is -0.481 e. The topological polar surface area (TPSA) is 60.9 Å². The Kier molecular flexibility index (Phi) is 4.58. The Labute approximate surface area is 108 Å². The number of likely N-dealkylation sites (tertiary alicyclic amines) is 2. The molecule has 0 bridgehead atoms. The van der Waals surface area contributed by atoms with E-state index < -0.39 is 5.97 Å². The molecule has 0 spiro atoms. The average Bonchev–Trinajstić information content (AvgIpc) is 2.25. The van der Waals surface area contributed by atoms with E-state index in [1.807, 2.05) is 4.90 Å². The van der Waals surface area contributed by atoms with E-state index in [0.717, 1.165) is 51.9 Å². The van der Waals surface area contributed by atoms with Gasteiger partial charge in [0.15, 0.2) is 0 Å². The van der Waals surface area contributed by atoms with E-state index in [1.54, 1.807) is 0 Å². The summed E-state index contributed by atoms with van der Waals surface area (Å²) in [4.78, 5) is 26.4. The molecule has 2 heterocycles. The van der Waals surface area contributed by atoms with Gasteiger partial charge in [0.25, 0.3) is 0 Å². The lowest BCUT2D eigenvalue weighted by molar-refractivity contribution is -0.137. The minimum atomic E-state index is -0.703. The molecule has 2 aliphatic heterocycles. The number of carbonyl (C=O) groups excluding carboxylic acids is 1. The van der Waals surface area contributed by atoms with Crippen LogP contribution in [0.2, 0.25) is 0 Å². The van der Waals surface area contributed by atoms with Crippen molar-refractivity contribution in [2.45, 2.75) is 32.1 Å². The van der Waals surface area contributed by atoms with E-state index >= 15 is 0 Å². The fourth-order valence-electron chi connectivity index (χ4n) is 2.62. The standard InChI is InChI=1S/C13H22N2O3/c16-12(15-6-1-7-15)10-14-8-4-11(5-9-14)2-3-13(17)18/h11H,1-10H2,(H,17,18). The van der Waals surface area contributed by atoms with E-state index in [1.165, 1.54) is 0 Å². The summed E-state index contributed by atoms with van der Waals surface area (Å²) in [6.07, 6.45) is 4.25. The number of hydrogen-bond acceptors (Lipinski definition) is 3. The predicted octanol–water partition coefficient (Wildman–Crippen LogP) is 0.795. The second-order valence-electron chi connectivity index (χ2n) is 5.39. The van der Waals surface area contributed by atoms with E-state index in [-0.39, 0.29) is 12.3 Å². The van der Waals surface area contributed by atoms with Crippen molar-refractivity contribution in [3.63, 3.8) is 0 Å². The third kappa shape index (κ3) is 3.70. The Hall–Kier alpha value is -1.10. The number of nitrogens with zero attached hydrogens (tertiary/aromatic N) is 2. The minimum absolute atomic E-state index is 0.255. The molecule has 0 aromatic rings. The van der Waals surface area contributed by atoms with Crippen molar-refractivity contribution in [3.8, 4) is 0 Å². The number of carbonyl (C=O) groups is 2. The lowest BCUT2D eigenvalue weighted by atomic mass is 9.92. The third-order valence-corrected chi connectivity index (χ3v) is 4.04. The van der Waals surface area contributed by atoms with Crippen LogP contribution in [0.4, 0.5) is 0 Å². The fourth-order valence-corrected chi connectivity index (χ4v) is 2.62. The molecule has 5 nitrogen and oxygen atoms in total. The maximum atomic E-state index is 11.8. The first-order chi connectivity index (χ1) is 8.65. The van der Waals surface area contributed by atoms with Crippen molar-refractivity contribution >= 4 is 11.9 Å². The molecule has 1 N–H and O–H groups in total. The maximum absolute atomic E-state index is 11.8. The maximum Gasteiger partial charge on any atom is 0.303 e. The highest BCUT2D eigenvalue weighted by molar-refractivity contribution is 5.78. The van der Waals surface area contributed by atoms with Gasteiger partial charge in [-0.2, -0.15) is 0 Å². The third-order valence-electron chi connectivity index (χ3n) is 4.04. The monoisotopic (exact) mass is 254 g/mol. The molecule has 0 atom stereocenters. The van der Waals surface area contributed by atoms with Gasteiger partial charge in [-0.1, -0.05) is 0 Å². The molecule has 2 saturated heterocycles. The molecule has 18 heavy (non-hydrogen) atoms. The Balaban J connectivity index is 1.63. The van der Waals surface area contributed by atoms with Crippen LogP contribution in [-0.4, -0.2) is 59.5 Å². The molecule has 0 saturated carbocycles. The summed E-state index contributed by atoms with van der Waals surface area (Å²) in [5.74, 6) is 0.0760. The Morgan fingerprint density at radius 3 is 2.28 bits per heavy atom. The normalized spacial score (nSPS) is 21.7. The van der Waals surface area contributed by atoms with E-state index in [4.69, 9.17) is 5.11 Å². The van der Waals surface area contributed by atoms with Gasteiger partial charge < -0.3 is 10.0 Å². The number of rotatable bonds is 5. The van der Waals surface area contributed by atoms with Crippen molar-refractivity contribution in [1.29, 1.82) is 0 Å².